The Morgan fingerprint density at radius 1 is 1.12 bits per heavy atom. The normalized spacial score (nSPS) is 11.7. The zero-order valence-electron chi connectivity index (χ0n) is 16.7. The fourth-order valence-electron chi connectivity index (χ4n) is 3.09. The van der Waals surface area contributed by atoms with Crippen LogP contribution in [0.2, 0.25) is 0 Å². The number of benzene rings is 2. The third-order valence-electron chi connectivity index (χ3n) is 4.56. The Morgan fingerprint density at radius 3 is 2.62 bits per heavy atom. The van der Waals surface area contributed by atoms with Crippen LogP contribution in [0.15, 0.2) is 82.1 Å². The second-order valence-electron chi connectivity index (χ2n) is 6.54. The van der Waals surface area contributed by atoms with Crippen molar-refractivity contribution in [3.8, 4) is 5.75 Å². The van der Waals surface area contributed by atoms with E-state index in [1.165, 1.54) is 37.6 Å². The molecule has 1 amide bonds. The highest BCUT2D eigenvalue weighted by Gasteiger charge is 2.16. The van der Waals surface area contributed by atoms with E-state index < -0.39 is 22.8 Å². The van der Waals surface area contributed by atoms with Crippen LogP contribution in [0.4, 0.5) is 17.2 Å². The van der Waals surface area contributed by atoms with Crippen molar-refractivity contribution in [1.82, 2.24) is 4.98 Å². The number of nitrogens with zero attached hydrogens (tertiary/aromatic N) is 2. The number of carbonyl (C=O) groups is 1. The molecule has 0 bridgehead atoms. The molecule has 0 saturated carbocycles. The average molecular weight is 450 g/mol. The first-order chi connectivity index (χ1) is 15.5. The minimum atomic E-state index is -2.67. The first-order valence-electron chi connectivity index (χ1n) is 9.30. The minimum Gasteiger partial charge on any atom is -0.755 e. The zero-order valence-corrected chi connectivity index (χ0v) is 17.5. The molecule has 4 rings (SSSR count). The van der Waals surface area contributed by atoms with Crippen molar-refractivity contribution in [1.29, 1.82) is 0 Å². The maximum atomic E-state index is 12.9. The van der Waals surface area contributed by atoms with Gasteiger partial charge in [0.25, 0.3) is 5.91 Å². The summed E-state index contributed by atoms with van der Waals surface area (Å²) in [5.41, 5.74) is 0.396. The summed E-state index contributed by atoms with van der Waals surface area (Å²) in [5, 5.41) is 3.28. The third-order valence-corrected chi connectivity index (χ3v) is 5.26. The van der Waals surface area contributed by atoms with Gasteiger partial charge in [-0.2, -0.15) is 0 Å². The van der Waals surface area contributed by atoms with E-state index in [1.54, 1.807) is 42.5 Å². The Labute approximate surface area is 184 Å². The van der Waals surface area contributed by atoms with Crippen LogP contribution >= 0.6 is 0 Å². The molecule has 0 saturated heterocycles. The molecule has 4 aromatic rings. The second kappa shape index (κ2) is 9.00. The SMILES string of the molecule is COc1ccc(N(c2cc(NC(=O)c3cccc4ccc(=O)oc34)ccn2)S(=O)[O-])cc1. The number of para-hydroxylation sites is 1. The summed E-state index contributed by atoms with van der Waals surface area (Å²) < 4.78 is 35.1. The van der Waals surface area contributed by atoms with Crippen LogP contribution in [-0.4, -0.2) is 26.8 Å². The van der Waals surface area contributed by atoms with E-state index in [0.29, 0.717) is 22.5 Å². The van der Waals surface area contributed by atoms with Crippen LogP contribution in [0.3, 0.4) is 0 Å². The van der Waals surface area contributed by atoms with Gasteiger partial charge >= 0.3 is 5.63 Å². The van der Waals surface area contributed by atoms with Crippen molar-refractivity contribution in [2.45, 2.75) is 0 Å². The largest absolute Gasteiger partial charge is 0.755 e. The van der Waals surface area contributed by atoms with Crippen LogP contribution in [0.1, 0.15) is 10.4 Å². The molecule has 9 nitrogen and oxygen atoms in total. The number of rotatable bonds is 6. The van der Waals surface area contributed by atoms with Crippen molar-refractivity contribution in [2.75, 3.05) is 16.7 Å². The van der Waals surface area contributed by atoms with Crippen LogP contribution in [0, 0.1) is 0 Å². The van der Waals surface area contributed by atoms with E-state index in [4.69, 9.17) is 9.15 Å². The van der Waals surface area contributed by atoms with Crippen LogP contribution in [0.25, 0.3) is 11.0 Å². The molecule has 0 aliphatic heterocycles. The Hall–Kier alpha value is -4.02. The summed E-state index contributed by atoms with van der Waals surface area (Å²) in [6.45, 7) is 0. The Balaban J connectivity index is 1.65. The molecule has 1 unspecified atom stereocenters. The first kappa shape index (κ1) is 21.2. The number of fused-ring (bicyclic) bond motifs is 1. The van der Waals surface area contributed by atoms with Gasteiger partial charge in [-0.05, 0) is 42.5 Å². The number of hydrogen-bond acceptors (Lipinski definition) is 7. The standard InChI is InChI=1S/C22H17N3O6S/c1-30-17-8-6-16(7-9-17)25(32(28)29)19-13-15(11-12-23-19)24-22(27)18-4-2-3-14-5-10-20(26)31-21(14)18/h2-13H,1H3,(H,28,29)(H,23,24,27)/p-1. The van der Waals surface area contributed by atoms with E-state index in [1.807, 2.05) is 0 Å². The molecule has 0 radical (unpaired) electrons. The van der Waals surface area contributed by atoms with E-state index in [2.05, 4.69) is 10.3 Å². The number of methoxy groups -OCH3 is 1. The molecular formula is C22H16N3O6S-. The van der Waals surface area contributed by atoms with Crippen molar-refractivity contribution < 1.29 is 22.7 Å². The monoisotopic (exact) mass is 450 g/mol. The average Bonchev–Trinajstić information content (AvgIpc) is 2.79. The van der Waals surface area contributed by atoms with E-state index >= 15 is 0 Å². The number of pyridine rings is 1. The second-order valence-corrected chi connectivity index (χ2v) is 7.34. The lowest BCUT2D eigenvalue weighted by Crippen LogP contribution is -2.21. The highest BCUT2D eigenvalue weighted by molar-refractivity contribution is 7.81. The van der Waals surface area contributed by atoms with Gasteiger partial charge in [0.1, 0.15) is 11.6 Å². The highest BCUT2D eigenvalue weighted by atomic mass is 32.2. The van der Waals surface area contributed by atoms with Gasteiger partial charge in [0.05, 0.1) is 29.6 Å². The molecule has 0 aliphatic carbocycles. The number of amides is 1. The summed E-state index contributed by atoms with van der Waals surface area (Å²) >= 11 is -2.67. The Bertz CT molecular complexity index is 1370. The third kappa shape index (κ3) is 4.36. The smallest absolute Gasteiger partial charge is 0.336 e. The topological polar surface area (TPSA) is 125 Å². The predicted molar refractivity (Wildman–Crippen MR) is 119 cm³/mol. The van der Waals surface area contributed by atoms with Gasteiger partial charge in [0, 0.05) is 29.4 Å². The maximum absolute atomic E-state index is 12.9. The summed E-state index contributed by atoms with van der Waals surface area (Å²) in [6, 6.07) is 17.1. The minimum absolute atomic E-state index is 0.0748. The first-order valence-corrected chi connectivity index (χ1v) is 10.3. The molecule has 2 aromatic carbocycles. The Kier molecular flexibility index (Phi) is 5.97. The molecule has 10 heteroatoms. The lowest BCUT2D eigenvalue weighted by atomic mass is 10.1. The molecule has 2 heterocycles. The van der Waals surface area contributed by atoms with Gasteiger partial charge in [0.15, 0.2) is 5.58 Å². The van der Waals surface area contributed by atoms with Gasteiger partial charge in [0.2, 0.25) is 0 Å². The van der Waals surface area contributed by atoms with Gasteiger partial charge in [-0.25, -0.2) is 9.78 Å². The molecule has 1 atom stereocenters. The highest BCUT2D eigenvalue weighted by Crippen LogP contribution is 2.29. The van der Waals surface area contributed by atoms with Gasteiger partial charge in [-0.1, -0.05) is 12.1 Å². The number of hydrogen-bond donors (Lipinski definition) is 1. The van der Waals surface area contributed by atoms with E-state index in [-0.39, 0.29) is 17.0 Å². The Morgan fingerprint density at radius 2 is 1.91 bits per heavy atom. The number of ether oxygens (including phenoxy) is 1. The van der Waals surface area contributed by atoms with E-state index in [9.17, 15) is 18.4 Å². The van der Waals surface area contributed by atoms with Crippen LogP contribution in [0.5, 0.6) is 5.75 Å². The fraction of sp³-hybridized carbons (Fsp3) is 0.0455. The summed E-state index contributed by atoms with van der Waals surface area (Å²) in [4.78, 5) is 28.6. The molecular weight excluding hydrogens is 434 g/mol. The lowest BCUT2D eigenvalue weighted by molar-refractivity contribution is 0.102. The number of nitrogens with one attached hydrogen (secondary N) is 1. The van der Waals surface area contributed by atoms with Gasteiger partial charge < -0.3 is 19.0 Å². The van der Waals surface area contributed by atoms with Gasteiger partial charge in [-0.3, -0.25) is 13.3 Å². The number of anilines is 3. The number of carbonyl (C=O) groups excluding carboxylic acids is 1. The van der Waals surface area contributed by atoms with Gasteiger partial charge in [-0.15, -0.1) is 0 Å². The summed E-state index contributed by atoms with van der Waals surface area (Å²) in [5.74, 6) is 0.119. The molecule has 162 valence electrons. The predicted octanol–water partition coefficient (Wildman–Crippen LogP) is 3.38. The van der Waals surface area contributed by atoms with E-state index in [0.717, 1.165) is 4.31 Å². The van der Waals surface area contributed by atoms with Crippen molar-refractivity contribution in [3.63, 3.8) is 0 Å². The van der Waals surface area contributed by atoms with Crippen LogP contribution < -0.4 is 20.0 Å². The molecule has 0 fully saturated rings. The molecule has 0 spiro atoms. The molecule has 2 aromatic heterocycles. The lowest BCUT2D eigenvalue weighted by Gasteiger charge is -2.25. The molecule has 0 aliphatic rings. The summed E-state index contributed by atoms with van der Waals surface area (Å²) in [6.07, 6.45) is 1.37. The maximum Gasteiger partial charge on any atom is 0.336 e. The number of aromatic nitrogens is 1. The quantitative estimate of drug-likeness (QED) is 0.353. The van der Waals surface area contributed by atoms with Crippen molar-refractivity contribution in [2.24, 2.45) is 0 Å². The summed E-state index contributed by atoms with van der Waals surface area (Å²) in [7, 11) is 1.51. The zero-order chi connectivity index (χ0) is 22.7. The van der Waals surface area contributed by atoms with Crippen molar-refractivity contribution >= 4 is 45.3 Å². The molecule has 32 heavy (non-hydrogen) atoms. The van der Waals surface area contributed by atoms with Crippen molar-refractivity contribution in [3.05, 3.63) is 88.9 Å². The van der Waals surface area contributed by atoms with Crippen LogP contribution in [-0.2, 0) is 11.3 Å². The molecule has 1 N–H and O–H groups in total. The fourth-order valence-corrected chi connectivity index (χ4v) is 3.64.